The molecule has 84 valence electrons. The molecule has 0 aromatic heterocycles. The van der Waals surface area contributed by atoms with Gasteiger partial charge in [0.1, 0.15) is 6.04 Å². The highest BCUT2D eigenvalue weighted by Crippen LogP contribution is 2.11. The summed E-state index contributed by atoms with van der Waals surface area (Å²) in [5, 5.41) is 2.59. The van der Waals surface area contributed by atoms with E-state index in [1.54, 1.807) is 6.92 Å². The predicted octanol–water partition coefficient (Wildman–Crippen LogP) is 0.659. The first-order chi connectivity index (χ1) is 7.66. The fourth-order valence-electron chi connectivity index (χ4n) is 1.62. The highest BCUT2D eigenvalue weighted by Gasteiger charge is 2.33. The minimum atomic E-state index is -0.703. The molecule has 1 aliphatic heterocycles. The quantitative estimate of drug-likeness (QED) is 0.743. The Hall–Kier alpha value is -1.84. The number of cyclic esters (lactones) is 1. The van der Waals surface area contributed by atoms with E-state index in [2.05, 4.69) is 5.32 Å². The van der Waals surface area contributed by atoms with E-state index in [-0.39, 0.29) is 11.9 Å². The van der Waals surface area contributed by atoms with Crippen LogP contribution in [0.4, 0.5) is 0 Å². The molecule has 1 heterocycles. The summed E-state index contributed by atoms with van der Waals surface area (Å²) in [4.78, 5) is 22.9. The number of carbonyl (C=O) groups is 2. The summed E-state index contributed by atoms with van der Waals surface area (Å²) in [5.41, 5.74) is 0.977. The van der Waals surface area contributed by atoms with Gasteiger partial charge in [-0.05, 0) is 12.5 Å². The zero-order valence-electron chi connectivity index (χ0n) is 8.97. The van der Waals surface area contributed by atoms with Crippen LogP contribution in [0.5, 0.6) is 0 Å². The van der Waals surface area contributed by atoms with Crippen molar-refractivity contribution in [2.75, 3.05) is 0 Å². The summed E-state index contributed by atoms with van der Waals surface area (Å²) in [7, 11) is 0. The standard InChI is InChI=1S/C12H13NO3/c1-8-12(15)16-10(11(14)13-8)7-9-5-3-2-4-6-9/h2-6,8,10H,7H2,1H3,(H,13,14)/t8-,10-/m0/s1. The van der Waals surface area contributed by atoms with Gasteiger partial charge < -0.3 is 10.1 Å². The smallest absolute Gasteiger partial charge is 0.329 e. The Balaban J connectivity index is 2.05. The average Bonchev–Trinajstić information content (AvgIpc) is 2.27. The molecule has 1 N–H and O–H groups in total. The van der Waals surface area contributed by atoms with Crippen molar-refractivity contribution in [2.24, 2.45) is 0 Å². The summed E-state index contributed by atoms with van der Waals surface area (Å²) in [6.07, 6.45) is -0.281. The van der Waals surface area contributed by atoms with Crippen LogP contribution < -0.4 is 5.32 Å². The number of nitrogens with one attached hydrogen (secondary N) is 1. The summed E-state index contributed by atoms with van der Waals surface area (Å²) in [6.45, 7) is 1.61. The van der Waals surface area contributed by atoms with Gasteiger partial charge in [0, 0.05) is 6.42 Å². The molecule has 1 amide bonds. The van der Waals surface area contributed by atoms with Gasteiger partial charge in [-0.15, -0.1) is 0 Å². The molecule has 0 radical (unpaired) electrons. The molecular formula is C12H13NO3. The molecule has 16 heavy (non-hydrogen) atoms. The van der Waals surface area contributed by atoms with Gasteiger partial charge in [-0.25, -0.2) is 4.79 Å². The van der Waals surface area contributed by atoms with Gasteiger partial charge in [0.25, 0.3) is 5.91 Å². The van der Waals surface area contributed by atoms with E-state index in [0.29, 0.717) is 6.42 Å². The molecule has 2 atom stereocenters. The van der Waals surface area contributed by atoms with Crippen LogP contribution in [0.2, 0.25) is 0 Å². The molecular weight excluding hydrogens is 206 g/mol. The summed E-state index contributed by atoms with van der Waals surface area (Å²) >= 11 is 0. The van der Waals surface area contributed by atoms with E-state index >= 15 is 0 Å². The first kappa shape index (κ1) is 10.7. The molecule has 1 fully saturated rings. The molecule has 4 heteroatoms. The summed E-state index contributed by atoms with van der Waals surface area (Å²) in [6, 6.07) is 8.94. The van der Waals surface area contributed by atoms with Gasteiger partial charge in [-0.3, -0.25) is 4.79 Å². The largest absolute Gasteiger partial charge is 0.450 e. The highest BCUT2D eigenvalue weighted by atomic mass is 16.6. The van der Waals surface area contributed by atoms with Crippen LogP contribution in [0.15, 0.2) is 30.3 Å². The minimum absolute atomic E-state index is 0.226. The molecule has 1 aromatic carbocycles. The van der Waals surface area contributed by atoms with E-state index in [0.717, 1.165) is 5.56 Å². The topological polar surface area (TPSA) is 55.4 Å². The minimum Gasteiger partial charge on any atom is -0.450 e. The lowest BCUT2D eigenvalue weighted by atomic mass is 10.1. The maximum absolute atomic E-state index is 11.6. The third kappa shape index (κ3) is 2.21. The van der Waals surface area contributed by atoms with Crippen molar-refractivity contribution in [3.05, 3.63) is 35.9 Å². The molecule has 0 unspecified atom stereocenters. The normalized spacial score (nSPS) is 24.8. The third-order valence-electron chi connectivity index (χ3n) is 2.53. The summed E-state index contributed by atoms with van der Waals surface area (Å²) in [5.74, 6) is -0.600. The van der Waals surface area contributed by atoms with Gasteiger partial charge in [-0.2, -0.15) is 0 Å². The molecule has 0 spiro atoms. The van der Waals surface area contributed by atoms with Crippen LogP contribution in [0, 0.1) is 0 Å². The highest BCUT2D eigenvalue weighted by molar-refractivity contribution is 5.92. The van der Waals surface area contributed by atoms with Crippen LogP contribution in [-0.2, 0) is 20.7 Å². The van der Waals surface area contributed by atoms with Crippen LogP contribution in [0.3, 0.4) is 0 Å². The number of carbonyl (C=O) groups excluding carboxylic acids is 2. The molecule has 1 saturated heterocycles. The monoisotopic (exact) mass is 219 g/mol. The van der Waals surface area contributed by atoms with Crippen LogP contribution in [0.1, 0.15) is 12.5 Å². The van der Waals surface area contributed by atoms with Crippen molar-refractivity contribution in [3.63, 3.8) is 0 Å². The zero-order valence-corrected chi connectivity index (χ0v) is 8.97. The fourth-order valence-corrected chi connectivity index (χ4v) is 1.62. The van der Waals surface area contributed by atoms with Crippen molar-refractivity contribution in [1.82, 2.24) is 5.32 Å². The molecule has 0 aliphatic carbocycles. The van der Waals surface area contributed by atoms with Gasteiger partial charge in [0.15, 0.2) is 6.10 Å². The Morgan fingerprint density at radius 3 is 2.62 bits per heavy atom. The van der Waals surface area contributed by atoms with Gasteiger partial charge in [0.2, 0.25) is 0 Å². The Morgan fingerprint density at radius 1 is 1.25 bits per heavy atom. The average molecular weight is 219 g/mol. The zero-order chi connectivity index (χ0) is 11.5. The lowest BCUT2D eigenvalue weighted by molar-refractivity contribution is -0.164. The van der Waals surface area contributed by atoms with Gasteiger partial charge in [-0.1, -0.05) is 30.3 Å². The van der Waals surface area contributed by atoms with Crippen molar-refractivity contribution in [1.29, 1.82) is 0 Å². The SMILES string of the molecule is C[C@@H]1NC(=O)[C@H](Cc2ccccc2)OC1=O. The Kier molecular flexibility index (Phi) is 2.90. The van der Waals surface area contributed by atoms with Gasteiger partial charge >= 0.3 is 5.97 Å². The van der Waals surface area contributed by atoms with Gasteiger partial charge in [0.05, 0.1) is 0 Å². The molecule has 1 aromatic rings. The molecule has 1 aliphatic rings. The second kappa shape index (κ2) is 4.35. The van der Waals surface area contributed by atoms with Crippen molar-refractivity contribution in [2.45, 2.75) is 25.5 Å². The van der Waals surface area contributed by atoms with Crippen molar-refractivity contribution < 1.29 is 14.3 Å². The predicted molar refractivity (Wildman–Crippen MR) is 57.6 cm³/mol. The van der Waals surface area contributed by atoms with E-state index in [1.165, 1.54) is 0 Å². The number of benzene rings is 1. The van der Waals surface area contributed by atoms with E-state index < -0.39 is 12.1 Å². The number of morpholine rings is 1. The van der Waals surface area contributed by atoms with E-state index in [1.807, 2.05) is 30.3 Å². The maximum atomic E-state index is 11.6. The number of amides is 1. The van der Waals surface area contributed by atoms with E-state index in [4.69, 9.17) is 4.74 Å². The molecule has 4 nitrogen and oxygen atoms in total. The van der Waals surface area contributed by atoms with E-state index in [9.17, 15) is 9.59 Å². The van der Waals surface area contributed by atoms with Crippen LogP contribution >= 0.6 is 0 Å². The second-order valence-corrected chi connectivity index (χ2v) is 3.85. The number of rotatable bonds is 2. The van der Waals surface area contributed by atoms with Crippen LogP contribution in [-0.4, -0.2) is 24.0 Å². The second-order valence-electron chi connectivity index (χ2n) is 3.85. The number of ether oxygens (including phenoxy) is 1. The Bertz CT molecular complexity index is 402. The lowest BCUT2D eigenvalue weighted by Crippen LogP contribution is -2.53. The Labute approximate surface area is 93.6 Å². The summed E-state index contributed by atoms with van der Waals surface area (Å²) < 4.78 is 5.06. The first-order valence-electron chi connectivity index (χ1n) is 5.21. The Morgan fingerprint density at radius 2 is 1.94 bits per heavy atom. The van der Waals surface area contributed by atoms with Crippen molar-refractivity contribution in [3.8, 4) is 0 Å². The molecule has 0 bridgehead atoms. The lowest BCUT2D eigenvalue weighted by Gasteiger charge is -2.26. The first-order valence-corrected chi connectivity index (χ1v) is 5.21. The molecule has 2 rings (SSSR count). The van der Waals surface area contributed by atoms with Crippen molar-refractivity contribution >= 4 is 11.9 Å². The van der Waals surface area contributed by atoms with Crippen LogP contribution in [0.25, 0.3) is 0 Å². The third-order valence-corrected chi connectivity index (χ3v) is 2.53. The molecule has 0 saturated carbocycles. The maximum Gasteiger partial charge on any atom is 0.329 e. The number of hydrogen-bond acceptors (Lipinski definition) is 3. The number of esters is 1. The number of hydrogen-bond donors (Lipinski definition) is 1. The fraction of sp³-hybridized carbons (Fsp3) is 0.333.